The molecule has 1 N–H and O–H groups in total. The molecule has 0 radical (unpaired) electrons. The lowest BCUT2D eigenvalue weighted by Gasteiger charge is -2.05. The lowest BCUT2D eigenvalue weighted by Crippen LogP contribution is -2.15. The molecule has 0 spiro atoms. The summed E-state index contributed by atoms with van der Waals surface area (Å²) in [7, 11) is 0. The second-order valence-electron chi connectivity index (χ2n) is 4.65. The number of hydrogen-bond donors (Lipinski definition) is 1. The fourth-order valence-electron chi connectivity index (χ4n) is 2.08. The van der Waals surface area contributed by atoms with Crippen molar-refractivity contribution >= 4 is 0 Å². The highest BCUT2D eigenvalue weighted by Crippen LogP contribution is 2.13. The van der Waals surface area contributed by atoms with Crippen LogP contribution in [-0.4, -0.2) is 26.3 Å². The van der Waals surface area contributed by atoms with Crippen LogP contribution in [0.15, 0.2) is 18.5 Å². The smallest absolute Gasteiger partial charge is 0.149 e. The molecule has 5 heteroatoms. The van der Waals surface area contributed by atoms with Gasteiger partial charge < -0.3 is 5.32 Å². The Bertz CT molecular complexity index is 518. The Labute approximate surface area is 114 Å². The van der Waals surface area contributed by atoms with Crippen molar-refractivity contribution in [1.82, 2.24) is 25.1 Å². The summed E-state index contributed by atoms with van der Waals surface area (Å²) in [5.41, 5.74) is 3.55. The summed E-state index contributed by atoms with van der Waals surface area (Å²) in [5.74, 6) is 0.793. The van der Waals surface area contributed by atoms with Crippen molar-refractivity contribution in [2.24, 2.45) is 0 Å². The second-order valence-corrected chi connectivity index (χ2v) is 4.65. The van der Waals surface area contributed by atoms with E-state index in [9.17, 15) is 0 Å². The number of aryl methyl sites for hydroxylation is 1. The van der Waals surface area contributed by atoms with Crippen LogP contribution in [0.5, 0.6) is 0 Å². The van der Waals surface area contributed by atoms with Gasteiger partial charge in [0.2, 0.25) is 0 Å². The quantitative estimate of drug-likeness (QED) is 0.804. The van der Waals surface area contributed by atoms with E-state index in [0.29, 0.717) is 6.54 Å². The number of rotatable bonds is 6. The van der Waals surface area contributed by atoms with E-state index in [2.05, 4.69) is 41.2 Å². The molecule has 0 saturated heterocycles. The van der Waals surface area contributed by atoms with Crippen LogP contribution in [0.2, 0.25) is 0 Å². The van der Waals surface area contributed by atoms with Gasteiger partial charge >= 0.3 is 0 Å². The van der Waals surface area contributed by atoms with Crippen molar-refractivity contribution in [2.45, 2.75) is 40.3 Å². The van der Waals surface area contributed by atoms with Crippen LogP contribution < -0.4 is 5.32 Å². The molecule has 0 saturated carbocycles. The first kappa shape index (κ1) is 13.7. The van der Waals surface area contributed by atoms with Gasteiger partial charge in [-0.25, -0.2) is 9.97 Å². The Morgan fingerprint density at radius 3 is 2.63 bits per heavy atom. The van der Waals surface area contributed by atoms with Crippen LogP contribution in [0, 0.1) is 13.8 Å². The summed E-state index contributed by atoms with van der Waals surface area (Å²) < 4.78 is 1.98. The maximum absolute atomic E-state index is 4.58. The minimum Gasteiger partial charge on any atom is -0.313 e. The summed E-state index contributed by atoms with van der Waals surface area (Å²) in [6.07, 6.45) is 4.67. The van der Waals surface area contributed by atoms with Crippen LogP contribution in [0.4, 0.5) is 0 Å². The van der Waals surface area contributed by atoms with E-state index in [1.807, 2.05) is 10.7 Å². The molecule has 2 aromatic rings. The van der Waals surface area contributed by atoms with E-state index in [1.165, 1.54) is 11.3 Å². The molecule has 2 heterocycles. The van der Waals surface area contributed by atoms with Crippen LogP contribution in [-0.2, 0) is 13.1 Å². The summed E-state index contributed by atoms with van der Waals surface area (Å²) in [6, 6.07) is 1.82. The van der Waals surface area contributed by atoms with Crippen LogP contribution in [0.1, 0.15) is 36.1 Å². The lowest BCUT2D eigenvalue weighted by molar-refractivity contribution is 0.627. The maximum atomic E-state index is 4.58. The molecule has 0 unspecified atom stereocenters. The van der Waals surface area contributed by atoms with Gasteiger partial charge in [-0.3, -0.25) is 4.68 Å². The minimum absolute atomic E-state index is 0.626. The Hall–Kier alpha value is -1.75. The predicted molar refractivity (Wildman–Crippen MR) is 74.8 cm³/mol. The van der Waals surface area contributed by atoms with Crippen molar-refractivity contribution in [2.75, 3.05) is 6.54 Å². The maximum Gasteiger partial charge on any atom is 0.149 e. The molecule has 0 aliphatic rings. The van der Waals surface area contributed by atoms with Crippen LogP contribution in [0.25, 0.3) is 0 Å². The molecular formula is C14H21N5. The van der Waals surface area contributed by atoms with Crippen molar-refractivity contribution in [3.63, 3.8) is 0 Å². The number of hydrogen-bond acceptors (Lipinski definition) is 4. The highest BCUT2D eigenvalue weighted by atomic mass is 15.3. The lowest BCUT2D eigenvalue weighted by atomic mass is 10.2. The van der Waals surface area contributed by atoms with E-state index in [4.69, 9.17) is 0 Å². The zero-order valence-electron chi connectivity index (χ0n) is 11.8. The highest BCUT2D eigenvalue weighted by molar-refractivity contribution is 5.24. The van der Waals surface area contributed by atoms with Gasteiger partial charge in [-0.1, -0.05) is 6.92 Å². The van der Waals surface area contributed by atoms with Gasteiger partial charge in [0.15, 0.2) is 0 Å². The Morgan fingerprint density at radius 1 is 1.21 bits per heavy atom. The molecular weight excluding hydrogens is 238 g/mol. The number of nitrogens with zero attached hydrogens (tertiary/aromatic N) is 4. The number of nitrogens with one attached hydrogen (secondary N) is 1. The molecule has 102 valence electrons. The first-order chi connectivity index (χ1) is 9.22. The van der Waals surface area contributed by atoms with Gasteiger partial charge in [-0.15, -0.1) is 0 Å². The average molecular weight is 259 g/mol. The zero-order valence-corrected chi connectivity index (χ0v) is 11.8. The normalized spacial score (nSPS) is 10.9. The second kappa shape index (κ2) is 6.43. The molecule has 0 aromatic carbocycles. The van der Waals surface area contributed by atoms with Crippen LogP contribution >= 0.6 is 0 Å². The zero-order chi connectivity index (χ0) is 13.7. The third-order valence-corrected chi connectivity index (χ3v) is 3.17. The predicted octanol–water partition coefficient (Wildman–Crippen LogP) is 1.84. The average Bonchev–Trinajstić information content (AvgIpc) is 2.68. The first-order valence-corrected chi connectivity index (χ1v) is 6.72. The molecule has 19 heavy (non-hydrogen) atoms. The minimum atomic E-state index is 0.626. The molecule has 0 atom stereocenters. The van der Waals surface area contributed by atoms with Crippen molar-refractivity contribution < 1.29 is 0 Å². The van der Waals surface area contributed by atoms with E-state index in [0.717, 1.165) is 31.0 Å². The molecule has 5 nitrogen and oxygen atoms in total. The molecule has 2 rings (SSSR count). The first-order valence-electron chi connectivity index (χ1n) is 6.72. The van der Waals surface area contributed by atoms with Gasteiger partial charge in [-0.2, -0.15) is 5.10 Å². The molecule has 0 bridgehead atoms. The fourth-order valence-corrected chi connectivity index (χ4v) is 2.08. The molecule has 2 aromatic heterocycles. The molecule has 0 aliphatic heterocycles. The van der Waals surface area contributed by atoms with E-state index < -0.39 is 0 Å². The Balaban J connectivity index is 2.12. The molecule has 0 amide bonds. The Kier molecular flexibility index (Phi) is 4.63. The molecule has 0 fully saturated rings. The van der Waals surface area contributed by atoms with Crippen molar-refractivity contribution in [3.05, 3.63) is 41.2 Å². The molecule has 0 aliphatic carbocycles. The highest BCUT2D eigenvalue weighted by Gasteiger charge is 2.11. The Morgan fingerprint density at radius 2 is 1.95 bits per heavy atom. The van der Waals surface area contributed by atoms with Crippen LogP contribution in [0.3, 0.4) is 0 Å². The van der Waals surface area contributed by atoms with Gasteiger partial charge in [-0.05, 0) is 32.9 Å². The van der Waals surface area contributed by atoms with Crippen molar-refractivity contribution in [1.29, 1.82) is 0 Å². The topological polar surface area (TPSA) is 55.6 Å². The van der Waals surface area contributed by atoms with Gasteiger partial charge in [0.25, 0.3) is 0 Å². The van der Waals surface area contributed by atoms with Gasteiger partial charge in [0.1, 0.15) is 12.4 Å². The summed E-state index contributed by atoms with van der Waals surface area (Å²) >= 11 is 0. The third-order valence-electron chi connectivity index (χ3n) is 3.17. The van der Waals surface area contributed by atoms with E-state index >= 15 is 0 Å². The third kappa shape index (κ3) is 3.38. The monoisotopic (exact) mass is 259 g/mol. The SMILES string of the molecule is CCCNCc1c(C)nn(Cc2ncccn2)c1C. The van der Waals surface area contributed by atoms with E-state index in [1.54, 1.807) is 12.4 Å². The standard InChI is InChI=1S/C14H21N5/c1-4-6-15-9-13-11(2)18-19(12(13)3)10-14-16-7-5-8-17-14/h5,7-8,15H,4,6,9-10H2,1-3H3. The summed E-state index contributed by atoms with van der Waals surface area (Å²) in [6.45, 7) is 8.86. The van der Waals surface area contributed by atoms with Gasteiger partial charge in [0, 0.05) is 30.2 Å². The van der Waals surface area contributed by atoms with Gasteiger partial charge in [0.05, 0.1) is 5.69 Å². The largest absolute Gasteiger partial charge is 0.313 e. The fraction of sp³-hybridized carbons (Fsp3) is 0.500. The van der Waals surface area contributed by atoms with Crippen molar-refractivity contribution in [3.8, 4) is 0 Å². The van der Waals surface area contributed by atoms with E-state index in [-0.39, 0.29) is 0 Å². The summed E-state index contributed by atoms with van der Waals surface area (Å²) in [5, 5.41) is 8.01. The summed E-state index contributed by atoms with van der Waals surface area (Å²) in [4.78, 5) is 8.48. The number of aromatic nitrogens is 4.